The van der Waals surface area contributed by atoms with Crippen LogP contribution in [0.15, 0.2) is 0 Å². The number of halogens is 2. The monoisotopic (exact) mass is 260 g/mol. The molecule has 0 radical (unpaired) electrons. The highest BCUT2D eigenvalue weighted by atomic mass is 19.3. The van der Waals surface area contributed by atoms with Crippen molar-refractivity contribution in [3.63, 3.8) is 0 Å². The average Bonchev–Trinajstić information content (AvgIpc) is 2.22. The molecule has 2 aliphatic carbocycles. The fraction of sp³-hybridized carbons (Fsp3) is 1.00. The highest BCUT2D eigenvalue weighted by Crippen LogP contribution is 2.46. The van der Waals surface area contributed by atoms with Gasteiger partial charge in [-0.15, -0.1) is 0 Å². The largest absolute Gasteiger partial charge is 0.390 e. The molecule has 0 aliphatic heterocycles. The summed E-state index contributed by atoms with van der Waals surface area (Å²) in [4.78, 5) is 0. The first-order valence-electron chi connectivity index (χ1n) is 7.30. The van der Waals surface area contributed by atoms with Crippen LogP contribution in [0.1, 0.15) is 71.6 Å². The molecule has 3 heteroatoms. The minimum atomic E-state index is -2.49. The number of hydrogen-bond donors (Lipinski definition) is 1. The molecule has 2 aliphatic rings. The topological polar surface area (TPSA) is 20.2 Å². The summed E-state index contributed by atoms with van der Waals surface area (Å²) < 4.78 is 26.7. The van der Waals surface area contributed by atoms with Crippen molar-refractivity contribution in [1.82, 2.24) is 0 Å². The maximum atomic E-state index is 13.4. The Labute approximate surface area is 109 Å². The van der Waals surface area contributed by atoms with E-state index in [2.05, 4.69) is 13.8 Å². The summed E-state index contributed by atoms with van der Waals surface area (Å²) in [6.07, 6.45) is 5.65. The van der Waals surface area contributed by atoms with Gasteiger partial charge in [-0.1, -0.05) is 13.8 Å². The molecule has 0 aromatic rings. The Morgan fingerprint density at radius 3 is 2.22 bits per heavy atom. The molecule has 0 aromatic heterocycles. The van der Waals surface area contributed by atoms with E-state index in [1.165, 1.54) is 0 Å². The minimum Gasteiger partial charge on any atom is -0.390 e. The van der Waals surface area contributed by atoms with Crippen molar-refractivity contribution in [1.29, 1.82) is 0 Å². The fourth-order valence-electron chi connectivity index (χ4n) is 3.58. The summed E-state index contributed by atoms with van der Waals surface area (Å²) in [6, 6.07) is 0. The Kier molecular flexibility index (Phi) is 3.74. The Balaban J connectivity index is 1.89. The van der Waals surface area contributed by atoms with E-state index in [4.69, 9.17) is 0 Å². The van der Waals surface area contributed by atoms with E-state index in [0.717, 1.165) is 32.1 Å². The molecule has 0 spiro atoms. The van der Waals surface area contributed by atoms with Crippen molar-refractivity contribution in [2.75, 3.05) is 0 Å². The normalized spacial score (nSPS) is 34.2. The first kappa shape index (κ1) is 14.2. The third kappa shape index (κ3) is 3.66. The molecule has 2 fully saturated rings. The molecule has 1 nitrogen and oxygen atoms in total. The Morgan fingerprint density at radius 1 is 1.06 bits per heavy atom. The zero-order valence-electron chi connectivity index (χ0n) is 11.6. The molecular formula is C15H26F2O. The molecule has 0 aromatic carbocycles. The van der Waals surface area contributed by atoms with Crippen LogP contribution in [0.3, 0.4) is 0 Å². The van der Waals surface area contributed by atoms with Crippen molar-refractivity contribution >= 4 is 0 Å². The molecule has 18 heavy (non-hydrogen) atoms. The van der Waals surface area contributed by atoms with E-state index >= 15 is 0 Å². The van der Waals surface area contributed by atoms with E-state index in [0.29, 0.717) is 18.3 Å². The lowest BCUT2D eigenvalue weighted by molar-refractivity contribution is -0.0855. The van der Waals surface area contributed by atoms with Gasteiger partial charge in [0, 0.05) is 12.8 Å². The van der Waals surface area contributed by atoms with Crippen LogP contribution in [0, 0.1) is 11.3 Å². The first-order valence-corrected chi connectivity index (χ1v) is 7.30. The number of rotatable bonds is 2. The van der Waals surface area contributed by atoms with E-state index in [-0.39, 0.29) is 18.8 Å². The summed E-state index contributed by atoms with van der Waals surface area (Å²) in [7, 11) is 0. The summed E-state index contributed by atoms with van der Waals surface area (Å²) in [6.45, 7) is 4.45. The molecular weight excluding hydrogens is 234 g/mol. The van der Waals surface area contributed by atoms with Crippen LogP contribution < -0.4 is 0 Å². The Hall–Kier alpha value is -0.180. The molecule has 0 heterocycles. The third-order valence-corrected chi connectivity index (χ3v) is 4.95. The fourth-order valence-corrected chi connectivity index (χ4v) is 3.58. The predicted molar refractivity (Wildman–Crippen MR) is 68.7 cm³/mol. The van der Waals surface area contributed by atoms with Gasteiger partial charge in [0.1, 0.15) is 0 Å². The molecule has 0 bridgehead atoms. The van der Waals surface area contributed by atoms with Gasteiger partial charge >= 0.3 is 0 Å². The van der Waals surface area contributed by atoms with Gasteiger partial charge in [-0.05, 0) is 56.3 Å². The third-order valence-electron chi connectivity index (χ3n) is 4.95. The van der Waals surface area contributed by atoms with E-state index in [1.807, 2.05) is 0 Å². The smallest absolute Gasteiger partial charge is 0.248 e. The van der Waals surface area contributed by atoms with Crippen LogP contribution in [0.4, 0.5) is 8.78 Å². The zero-order valence-corrected chi connectivity index (χ0v) is 11.6. The van der Waals surface area contributed by atoms with Gasteiger partial charge in [0.2, 0.25) is 5.92 Å². The van der Waals surface area contributed by atoms with E-state index in [1.54, 1.807) is 0 Å². The highest BCUT2D eigenvalue weighted by molar-refractivity contribution is 4.92. The van der Waals surface area contributed by atoms with Crippen LogP contribution in [0.25, 0.3) is 0 Å². The van der Waals surface area contributed by atoms with Crippen LogP contribution in [0.2, 0.25) is 0 Å². The van der Waals surface area contributed by atoms with Gasteiger partial charge in [0.15, 0.2) is 0 Å². The molecule has 1 unspecified atom stereocenters. The SMILES string of the molecule is CC1(C)CCC(O)(CC2CCCC(F)(F)C2)CC1. The standard InChI is InChI=1S/C15H26F2O/c1-13(2)6-8-14(18,9-7-13)10-12-4-3-5-15(16,17)11-12/h12,18H,3-11H2,1-2H3. The van der Waals surface area contributed by atoms with Crippen LogP contribution in [-0.2, 0) is 0 Å². The van der Waals surface area contributed by atoms with Gasteiger partial charge in [-0.3, -0.25) is 0 Å². The Morgan fingerprint density at radius 2 is 1.67 bits per heavy atom. The lowest BCUT2D eigenvalue weighted by Gasteiger charge is -2.43. The average molecular weight is 260 g/mol. The van der Waals surface area contributed by atoms with Gasteiger partial charge in [0.25, 0.3) is 0 Å². The maximum Gasteiger partial charge on any atom is 0.248 e. The van der Waals surface area contributed by atoms with Crippen LogP contribution in [0.5, 0.6) is 0 Å². The van der Waals surface area contributed by atoms with E-state index < -0.39 is 11.5 Å². The molecule has 1 N–H and O–H groups in total. The van der Waals surface area contributed by atoms with Crippen molar-refractivity contribution in [2.45, 2.75) is 83.2 Å². The summed E-state index contributed by atoms with van der Waals surface area (Å²) >= 11 is 0. The number of aliphatic hydroxyl groups is 1. The lowest BCUT2D eigenvalue weighted by atomic mass is 9.67. The highest BCUT2D eigenvalue weighted by Gasteiger charge is 2.42. The first-order chi connectivity index (χ1) is 8.20. The lowest BCUT2D eigenvalue weighted by Crippen LogP contribution is -2.40. The summed E-state index contributed by atoms with van der Waals surface area (Å²) in [5, 5.41) is 10.6. The van der Waals surface area contributed by atoms with Gasteiger partial charge in [-0.25, -0.2) is 8.78 Å². The molecule has 1 atom stereocenters. The van der Waals surface area contributed by atoms with Crippen LogP contribution in [-0.4, -0.2) is 16.6 Å². The molecule has 2 saturated carbocycles. The van der Waals surface area contributed by atoms with Gasteiger partial charge in [-0.2, -0.15) is 0 Å². The van der Waals surface area contributed by atoms with Crippen molar-refractivity contribution in [3.8, 4) is 0 Å². The zero-order chi connectivity index (χ0) is 13.4. The van der Waals surface area contributed by atoms with Crippen molar-refractivity contribution < 1.29 is 13.9 Å². The van der Waals surface area contributed by atoms with Gasteiger partial charge in [0.05, 0.1) is 5.60 Å². The predicted octanol–water partition coefficient (Wildman–Crippen LogP) is 4.53. The quantitative estimate of drug-likeness (QED) is 0.773. The maximum absolute atomic E-state index is 13.4. The second-order valence-corrected chi connectivity index (χ2v) is 7.41. The van der Waals surface area contributed by atoms with Crippen LogP contribution >= 0.6 is 0 Å². The minimum absolute atomic E-state index is 0.0139. The van der Waals surface area contributed by atoms with Gasteiger partial charge < -0.3 is 5.11 Å². The number of hydrogen-bond acceptors (Lipinski definition) is 1. The van der Waals surface area contributed by atoms with Crippen molar-refractivity contribution in [3.05, 3.63) is 0 Å². The summed E-state index contributed by atoms with van der Waals surface area (Å²) in [5.74, 6) is -2.48. The van der Waals surface area contributed by atoms with E-state index in [9.17, 15) is 13.9 Å². The second kappa shape index (κ2) is 4.73. The van der Waals surface area contributed by atoms with Crippen molar-refractivity contribution in [2.24, 2.45) is 11.3 Å². The molecule has 0 saturated heterocycles. The summed E-state index contributed by atoms with van der Waals surface area (Å²) in [5.41, 5.74) is -0.365. The molecule has 106 valence electrons. The Bertz CT molecular complexity index is 289. The molecule has 0 amide bonds. The molecule has 2 rings (SSSR count). The second-order valence-electron chi connectivity index (χ2n) is 7.41. The number of alkyl halides is 2.